The van der Waals surface area contributed by atoms with E-state index < -0.39 is 0 Å². The van der Waals surface area contributed by atoms with Gasteiger partial charge in [0.15, 0.2) is 0 Å². The minimum absolute atomic E-state index is 0.0230. The molecule has 0 aliphatic carbocycles. The number of hydrogen-bond donors (Lipinski definition) is 3. The number of hydrogen-bond acceptors (Lipinski definition) is 4. The summed E-state index contributed by atoms with van der Waals surface area (Å²) < 4.78 is 0.430. The van der Waals surface area contributed by atoms with Crippen LogP contribution in [0.1, 0.15) is 27.2 Å². The van der Waals surface area contributed by atoms with E-state index in [1.165, 1.54) is 0 Å². The molecular formula is C11H18BrN3O2. The molecule has 0 saturated carbocycles. The predicted molar refractivity (Wildman–Crippen MR) is 71.1 cm³/mol. The van der Waals surface area contributed by atoms with Crippen LogP contribution >= 0.6 is 15.9 Å². The molecule has 0 spiro atoms. The Morgan fingerprint density at radius 3 is 2.76 bits per heavy atom. The van der Waals surface area contributed by atoms with Gasteiger partial charge in [0, 0.05) is 12.6 Å². The summed E-state index contributed by atoms with van der Waals surface area (Å²) in [5.41, 5.74) is 0.346. The number of aromatic amines is 1. The van der Waals surface area contributed by atoms with Crippen LogP contribution in [0.15, 0.2) is 15.5 Å². The second-order valence-corrected chi connectivity index (χ2v) is 5.80. The second kappa shape index (κ2) is 5.64. The van der Waals surface area contributed by atoms with E-state index in [-0.39, 0.29) is 23.6 Å². The van der Waals surface area contributed by atoms with Crippen LogP contribution < -0.4 is 10.9 Å². The van der Waals surface area contributed by atoms with E-state index in [1.54, 1.807) is 6.20 Å². The summed E-state index contributed by atoms with van der Waals surface area (Å²) in [7, 11) is 0. The van der Waals surface area contributed by atoms with E-state index >= 15 is 0 Å². The standard InChI is InChI=1S/C11H18BrN3O2/c1-11(2,3)8(4-5-16)14-7-6-13-15-10(17)9(7)12/h6,8,16H,4-5H2,1-3H3,(H2,14,15,17). The molecule has 0 bridgehead atoms. The van der Waals surface area contributed by atoms with Gasteiger partial charge in [0.2, 0.25) is 0 Å². The van der Waals surface area contributed by atoms with Crippen molar-refractivity contribution in [1.29, 1.82) is 0 Å². The van der Waals surface area contributed by atoms with E-state index in [2.05, 4.69) is 52.2 Å². The van der Waals surface area contributed by atoms with Gasteiger partial charge in [-0.25, -0.2) is 5.10 Å². The SMILES string of the molecule is CC(C)(C)C(CCO)Nc1cn[nH]c(=O)c1Br. The fourth-order valence-electron chi connectivity index (χ4n) is 1.52. The lowest BCUT2D eigenvalue weighted by atomic mass is 9.85. The Labute approximate surface area is 109 Å². The normalized spacial score (nSPS) is 13.5. The first-order valence-electron chi connectivity index (χ1n) is 5.47. The largest absolute Gasteiger partial charge is 0.396 e. The number of aromatic nitrogens is 2. The van der Waals surface area contributed by atoms with E-state index in [0.717, 1.165) is 0 Å². The number of aliphatic hydroxyl groups excluding tert-OH is 1. The maximum absolute atomic E-state index is 11.4. The van der Waals surface area contributed by atoms with Crippen molar-refractivity contribution < 1.29 is 5.11 Å². The monoisotopic (exact) mass is 303 g/mol. The molecule has 6 heteroatoms. The fraction of sp³-hybridized carbons (Fsp3) is 0.636. The molecule has 17 heavy (non-hydrogen) atoms. The summed E-state index contributed by atoms with van der Waals surface area (Å²) in [6.07, 6.45) is 2.17. The first-order valence-corrected chi connectivity index (χ1v) is 6.26. The number of anilines is 1. The van der Waals surface area contributed by atoms with Gasteiger partial charge in [0.25, 0.3) is 5.56 Å². The summed E-state index contributed by atoms with van der Waals surface area (Å²) in [4.78, 5) is 11.4. The molecule has 96 valence electrons. The zero-order valence-electron chi connectivity index (χ0n) is 10.2. The van der Waals surface area contributed by atoms with Gasteiger partial charge in [-0.3, -0.25) is 4.79 Å². The van der Waals surface area contributed by atoms with E-state index in [1.807, 2.05) is 0 Å². The van der Waals surface area contributed by atoms with Crippen molar-refractivity contribution in [1.82, 2.24) is 10.2 Å². The molecule has 1 aromatic heterocycles. The molecule has 0 aliphatic heterocycles. The molecule has 1 rings (SSSR count). The van der Waals surface area contributed by atoms with Crippen molar-refractivity contribution in [3.8, 4) is 0 Å². The molecule has 0 aliphatic rings. The Balaban J connectivity index is 2.94. The molecule has 0 amide bonds. The number of nitrogens with zero attached hydrogens (tertiary/aromatic N) is 1. The van der Waals surface area contributed by atoms with Crippen molar-refractivity contribution in [2.24, 2.45) is 5.41 Å². The van der Waals surface area contributed by atoms with Crippen LogP contribution in [-0.4, -0.2) is 28.0 Å². The molecule has 0 aromatic carbocycles. The molecule has 3 N–H and O–H groups in total. The molecule has 1 unspecified atom stereocenters. The second-order valence-electron chi connectivity index (χ2n) is 5.00. The van der Waals surface area contributed by atoms with E-state index in [9.17, 15) is 4.79 Å². The van der Waals surface area contributed by atoms with Crippen LogP contribution in [0.3, 0.4) is 0 Å². The zero-order valence-corrected chi connectivity index (χ0v) is 11.8. The molecule has 0 saturated heterocycles. The Morgan fingerprint density at radius 2 is 2.24 bits per heavy atom. The third-order valence-electron chi connectivity index (χ3n) is 2.59. The highest BCUT2D eigenvalue weighted by atomic mass is 79.9. The topological polar surface area (TPSA) is 78.0 Å². The van der Waals surface area contributed by atoms with Gasteiger partial charge in [-0.1, -0.05) is 20.8 Å². The molecule has 0 fully saturated rings. The smallest absolute Gasteiger partial charge is 0.280 e. The van der Waals surface area contributed by atoms with Gasteiger partial charge >= 0.3 is 0 Å². The van der Waals surface area contributed by atoms with Gasteiger partial charge in [-0.05, 0) is 27.8 Å². The van der Waals surface area contributed by atoms with Crippen LogP contribution in [0.5, 0.6) is 0 Å². The van der Waals surface area contributed by atoms with Gasteiger partial charge in [0.1, 0.15) is 4.47 Å². The number of nitrogens with one attached hydrogen (secondary N) is 2. The number of halogens is 1. The lowest BCUT2D eigenvalue weighted by molar-refractivity contribution is 0.235. The van der Waals surface area contributed by atoms with Crippen molar-refractivity contribution in [3.05, 3.63) is 21.0 Å². The average Bonchev–Trinajstić information content (AvgIpc) is 2.22. The fourth-order valence-corrected chi connectivity index (χ4v) is 1.83. The van der Waals surface area contributed by atoms with Gasteiger partial charge < -0.3 is 10.4 Å². The Hall–Kier alpha value is -0.880. The lowest BCUT2D eigenvalue weighted by Gasteiger charge is -2.32. The van der Waals surface area contributed by atoms with Crippen LogP contribution in [0.2, 0.25) is 0 Å². The third-order valence-corrected chi connectivity index (χ3v) is 3.38. The average molecular weight is 304 g/mol. The minimum Gasteiger partial charge on any atom is -0.396 e. The van der Waals surface area contributed by atoms with Crippen molar-refractivity contribution in [2.75, 3.05) is 11.9 Å². The first-order chi connectivity index (χ1) is 7.86. The summed E-state index contributed by atoms with van der Waals surface area (Å²) in [6.45, 7) is 6.33. The van der Waals surface area contributed by atoms with E-state index in [0.29, 0.717) is 16.6 Å². The molecule has 1 aromatic rings. The Bertz CT molecular complexity index is 425. The number of rotatable bonds is 4. The quantitative estimate of drug-likeness (QED) is 0.792. The molecule has 1 atom stereocenters. The van der Waals surface area contributed by atoms with E-state index in [4.69, 9.17) is 5.11 Å². The summed E-state index contributed by atoms with van der Waals surface area (Å²) >= 11 is 3.22. The molecular weight excluding hydrogens is 286 g/mol. The van der Waals surface area contributed by atoms with Gasteiger partial charge in [-0.15, -0.1) is 0 Å². The van der Waals surface area contributed by atoms with Gasteiger partial charge in [0.05, 0.1) is 11.9 Å². The summed E-state index contributed by atoms with van der Waals surface area (Å²) in [5.74, 6) is 0. The van der Waals surface area contributed by atoms with Crippen molar-refractivity contribution >= 4 is 21.6 Å². The molecule has 5 nitrogen and oxygen atoms in total. The molecule has 1 heterocycles. The minimum atomic E-state index is -0.272. The number of aliphatic hydroxyl groups is 1. The van der Waals surface area contributed by atoms with Crippen LogP contribution in [0.4, 0.5) is 5.69 Å². The van der Waals surface area contributed by atoms with Crippen LogP contribution in [0.25, 0.3) is 0 Å². The van der Waals surface area contributed by atoms with Crippen molar-refractivity contribution in [2.45, 2.75) is 33.2 Å². The first kappa shape index (κ1) is 14.2. The predicted octanol–water partition coefficient (Wildman–Crippen LogP) is 1.74. The highest BCUT2D eigenvalue weighted by Crippen LogP contribution is 2.27. The lowest BCUT2D eigenvalue weighted by Crippen LogP contribution is -2.35. The highest BCUT2D eigenvalue weighted by molar-refractivity contribution is 9.10. The zero-order chi connectivity index (χ0) is 13.1. The summed E-state index contributed by atoms with van der Waals surface area (Å²) in [5, 5.41) is 18.4. The molecule has 0 radical (unpaired) electrons. The highest BCUT2D eigenvalue weighted by Gasteiger charge is 2.24. The van der Waals surface area contributed by atoms with Crippen LogP contribution in [0, 0.1) is 5.41 Å². The maximum atomic E-state index is 11.4. The van der Waals surface area contributed by atoms with Crippen molar-refractivity contribution in [3.63, 3.8) is 0 Å². The maximum Gasteiger partial charge on any atom is 0.280 e. The summed E-state index contributed by atoms with van der Waals surface area (Å²) in [6, 6.07) is 0.0624. The van der Waals surface area contributed by atoms with Crippen LogP contribution in [-0.2, 0) is 0 Å². The van der Waals surface area contributed by atoms with Gasteiger partial charge in [-0.2, -0.15) is 5.10 Å². The Kier molecular flexibility index (Phi) is 4.70. The Morgan fingerprint density at radius 1 is 1.59 bits per heavy atom. The number of H-pyrrole nitrogens is 1. The third kappa shape index (κ3) is 3.81.